The molecule has 0 saturated heterocycles. The first-order valence-electron chi connectivity index (χ1n) is 7.82. The van der Waals surface area contributed by atoms with Gasteiger partial charge in [0.2, 0.25) is 0 Å². The fourth-order valence-corrected chi connectivity index (χ4v) is 2.36. The van der Waals surface area contributed by atoms with E-state index in [2.05, 4.69) is 16.1 Å². The number of carbonyl (C=O) groups excluding carboxylic acids is 1. The molecule has 1 amide bonds. The second kappa shape index (κ2) is 8.16. The Kier molecular flexibility index (Phi) is 6.20. The van der Waals surface area contributed by atoms with Crippen molar-refractivity contribution in [3.63, 3.8) is 0 Å². The Morgan fingerprint density at radius 1 is 1.08 bits per heavy atom. The number of amides is 1. The Hall–Kier alpha value is -2.34. The minimum atomic E-state index is -4.34. The molecule has 0 fully saturated rings. The topological polar surface area (TPSA) is 38.3 Å². The summed E-state index contributed by atoms with van der Waals surface area (Å²) in [4.78, 5) is 12.2. The molecule has 2 aromatic rings. The molecule has 0 aromatic heterocycles. The molecule has 0 aliphatic heterocycles. The third kappa shape index (κ3) is 6.23. The predicted octanol–water partition coefficient (Wildman–Crippen LogP) is 4.31. The Bertz CT molecular complexity index is 724. The zero-order chi connectivity index (χ0) is 18.4. The van der Waals surface area contributed by atoms with Crippen molar-refractivity contribution in [1.82, 2.24) is 5.32 Å². The van der Waals surface area contributed by atoms with Gasteiger partial charge in [0.05, 0.1) is 6.61 Å². The summed E-state index contributed by atoms with van der Waals surface area (Å²) in [6.07, 6.45) is -4.34. The lowest BCUT2D eigenvalue weighted by Gasteiger charge is -2.10. The van der Waals surface area contributed by atoms with Crippen LogP contribution in [0.3, 0.4) is 0 Å². The highest BCUT2D eigenvalue weighted by atomic mass is 19.4. The van der Waals surface area contributed by atoms with E-state index in [0.29, 0.717) is 17.7 Å². The van der Waals surface area contributed by atoms with Gasteiger partial charge in [-0.25, -0.2) is 0 Å². The molecule has 0 atom stereocenters. The molecule has 0 aliphatic rings. The number of rotatable bonds is 6. The van der Waals surface area contributed by atoms with Crippen LogP contribution >= 0.6 is 0 Å². The summed E-state index contributed by atoms with van der Waals surface area (Å²) >= 11 is 0. The van der Waals surface area contributed by atoms with E-state index in [4.69, 9.17) is 0 Å². The number of alkyl halides is 3. The summed E-state index contributed by atoms with van der Waals surface area (Å²) in [6, 6.07) is 12.3. The first-order chi connectivity index (χ1) is 11.7. The molecule has 134 valence electrons. The lowest BCUT2D eigenvalue weighted by Crippen LogP contribution is -2.23. The van der Waals surface area contributed by atoms with Crippen LogP contribution in [0.25, 0.3) is 0 Å². The van der Waals surface area contributed by atoms with Crippen molar-refractivity contribution < 1.29 is 22.7 Å². The van der Waals surface area contributed by atoms with Gasteiger partial charge in [-0.15, -0.1) is 0 Å². The van der Waals surface area contributed by atoms with Gasteiger partial charge in [-0.3, -0.25) is 4.79 Å². The van der Waals surface area contributed by atoms with Gasteiger partial charge < -0.3 is 10.1 Å². The average molecular weight is 351 g/mol. The lowest BCUT2D eigenvalue weighted by atomic mass is 10.1. The van der Waals surface area contributed by atoms with Crippen molar-refractivity contribution in [3.05, 3.63) is 70.3 Å². The number of nitrogens with one attached hydrogen (secondary N) is 1. The van der Waals surface area contributed by atoms with Crippen molar-refractivity contribution >= 4 is 5.91 Å². The zero-order valence-electron chi connectivity index (χ0n) is 14.1. The highest BCUT2D eigenvalue weighted by Gasteiger charge is 2.27. The van der Waals surface area contributed by atoms with Crippen molar-refractivity contribution in [2.24, 2.45) is 0 Å². The van der Waals surface area contributed by atoms with Crippen molar-refractivity contribution in [2.75, 3.05) is 6.61 Å². The fourth-order valence-electron chi connectivity index (χ4n) is 2.36. The van der Waals surface area contributed by atoms with Crippen molar-refractivity contribution in [2.45, 2.75) is 33.2 Å². The molecule has 2 aromatic carbocycles. The molecule has 0 heterocycles. The maximum Gasteiger partial charge on any atom is 0.411 e. The SMILES string of the molecule is Cc1ccc(CNC(=O)c2ccc(COCC(F)(F)F)cc2)c(C)c1. The van der Waals surface area contributed by atoms with E-state index in [-0.39, 0.29) is 12.5 Å². The number of halogens is 3. The van der Waals surface area contributed by atoms with Crippen molar-refractivity contribution in [3.8, 4) is 0 Å². The van der Waals surface area contributed by atoms with E-state index >= 15 is 0 Å². The van der Waals surface area contributed by atoms with Crippen LogP contribution in [0.4, 0.5) is 13.2 Å². The van der Waals surface area contributed by atoms with E-state index in [9.17, 15) is 18.0 Å². The van der Waals surface area contributed by atoms with Crippen LogP contribution in [0, 0.1) is 13.8 Å². The zero-order valence-corrected chi connectivity index (χ0v) is 14.1. The van der Waals surface area contributed by atoms with Gasteiger partial charge in [-0.2, -0.15) is 13.2 Å². The standard InChI is InChI=1S/C19H20F3NO2/c1-13-3-6-17(14(2)9-13)10-23-18(24)16-7-4-15(5-8-16)11-25-12-19(20,21)22/h3-9H,10-12H2,1-2H3,(H,23,24). The summed E-state index contributed by atoms with van der Waals surface area (Å²) < 4.78 is 40.7. The van der Waals surface area contributed by atoms with Gasteiger partial charge in [0.15, 0.2) is 0 Å². The van der Waals surface area contributed by atoms with Gasteiger partial charge >= 0.3 is 6.18 Å². The summed E-state index contributed by atoms with van der Waals surface area (Å²) in [5, 5.41) is 2.84. The number of aryl methyl sites for hydroxylation is 2. The summed E-state index contributed by atoms with van der Waals surface area (Å²) in [5.74, 6) is -0.234. The molecule has 0 aliphatic carbocycles. The van der Waals surface area contributed by atoms with Gasteiger partial charge in [-0.05, 0) is 42.7 Å². The van der Waals surface area contributed by atoms with E-state index in [1.807, 2.05) is 26.0 Å². The molecular formula is C19H20F3NO2. The second-order valence-corrected chi connectivity index (χ2v) is 5.92. The smallest absolute Gasteiger partial charge is 0.367 e. The van der Waals surface area contributed by atoms with Crippen LogP contribution in [0.2, 0.25) is 0 Å². The molecular weight excluding hydrogens is 331 g/mol. The van der Waals surface area contributed by atoms with Crippen LogP contribution in [0.15, 0.2) is 42.5 Å². The van der Waals surface area contributed by atoms with Gasteiger partial charge in [0, 0.05) is 12.1 Å². The Morgan fingerprint density at radius 3 is 2.36 bits per heavy atom. The molecule has 0 radical (unpaired) electrons. The van der Waals surface area contributed by atoms with Gasteiger partial charge in [0.1, 0.15) is 6.61 Å². The first kappa shape index (κ1) is 19.0. The maximum absolute atomic E-state index is 12.2. The molecule has 2 rings (SSSR count). The number of carbonyl (C=O) groups is 1. The first-order valence-corrected chi connectivity index (χ1v) is 7.82. The third-order valence-electron chi connectivity index (χ3n) is 3.69. The van der Waals surface area contributed by atoms with E-state index < -0.39 is 12.8 Å². The van der Waals surface area contributed by atoms with Gasteiger partial charge in [-0.1, -0.05) is 35.9 Å². The molecule has 1 N–H and O–H groups in total. The number of benzene rings is 2. The fraction of sp³-hybridized carbons (Fsp3) is 0.316. The Labute approximate surface area is 144 Å². The van der Waals surface area contributed by atoms with Gasteiger partial charge in [0.25, 0.3) is 5.91 Å². The molecule has 3 nitrogen and oxygen atoms in total. The van der Waals surface area contributed by atoms with Crippen LogP contribution in [-0.2, 0) is 17.9 Å². The molecule has 0 unspecified atom stereocenters. The summed E-state index contributed by atoms with van der Waals surface area (Å²) in [7, 11) is 0. The van der Waals surface area contributed by atoms with E-state index in [0.717, 1.165) is 16.7 Å². The third-order valence-corrected chi connectivity index (χ3v) is 3.69. The molecule has 6 heteroatoms. The summed E-state index contributed by atoms with van der Waals surface area (Å²) in [5.41, 5.74) is 4.34. The quantitative estimate of drug-likeness (QED) is 0.842. The maximum atomic E-state index is 12.2. The number of hydrogen-bond donors (Lipinski definition) is 1. The van der Waals surface area contributed by atoms with Crippen LogP contribution in [0.1, 0.15) is 32.6 Å². The highest BCUT2D eigenvalue weighted by Crippen LogP contribution is 2.16. The van der Waals surface area contributed by atoms with Crippen LogP contribution in [0.5, 0.6) is 0 Å². The number of hydrogen-bond acceptors (Lipinski definition) is 2. The average Bonchev–Trinajstić information content (AvgIpc) is 2.53. The van der Waals surface area contributed by atoms with Crippen molar-refractivity contribution in [1.29, 1.82) is 0 Å². The Morgan fingerprint density at radius 2 is 1.76 bits per heavy atom. The molecule has 25 heavy (non-hydrogen) atoms. The second-order valence-electron chi connectivity index (χ2n) is 5.92. The van der Waals surface area contributed by atoms with E-state index in [1.165, 1.54) is 0 Å². The molecule has 0 saturated carbocycles. The minimum Gasteiger partial charge on any atom is -0.367 e. The lowest BCUT2D eigenvalue weighted by molar-refractivity contribution is -0.176. The number of ether oxygens (including phenoxy) is 1. The molecule has 0 spiro atoms. The normalized spacial score (nSPS) is 11.4. The monoisotopic (exact) mass is 351 g/mol. The predicted molar refractivity (Wildman–Crippen MR) is 89.2 cm³/mol. The summed E-state index contributed by atoms with van der Waals surface area (Å²) in [6.45, 7) is 2.98. The van der Waals surface area contributed by atoms with E-state index in [1.54, 1.807) is 24.3 Å². The minimum absolute atomic E-state index is 0.149. The largest absolute Gasteiger partial charge is 0.411 e. The van der Waals surface area contributed by atoms with Crippen LogP contribution < -0.4 is 5.32 Å². The van der Waals surface area contributed by atoms with Crippen LogP contribution in [-0.4, -0.2) is 18.7 Å². The Balaban J connectivity index is 1.87. The highest BCUT2D eigenvalue weighted by molar-refractivity contribution is 5.94. The molecule has 0 bridgehead atoms.